The van der Waals surface area contributed by atoms with E-state index in [9.17, 15) is 8.78 Å². The first kappa shape index (κ1) is 14.2. The van der Waals surface area contributed by atoms with Crippen molar-refractivity contribution in [2.24, 2.45) is 5.73 Å². The van der Waals surface area contributed by atoms with Crippen LogP contribution in [0.2, 0.25) is 0 Å². The van der Waals surface area contributed by atoms with Crippen LogP contribution in [-0.2, 0) is 13.0 Å². The number of fused-ring (bicyclic) bond motifs is 1. The van der Waals surface area contributed by atoms with Crippen molar-refractivity contribution >= 4 is 0 Å². The van der Waals surface area contributed by atoms with Gasteiger partial charge < -0.3 is 5.73 Å². The first-order valence-corrected chi connectivity index (χ1v) is 7.15. The molecule has 1 atom stereocenters. The standard InChI is InChI=1S/C17H18F2N2/c18-13-8-14-15(16(19)9-13)11-21(17(14)10-20)7-6-12-4-2-1-3-5-12/h1-5,8-9,17H,6-7,10-11,20H2. The Morgan fingerprint density at radius 3 is 2.62 bits per heavy atom. The molecule has 0 saturated carbocycles. The number of hydrogen-bond acceptors (Lipinski definition) is 2. The summed E-state index contributed by atoms with van der Waals surface area (Å²) in [5.74, 6) is -1.000. The number of nitrogens with two attached hydrogens (primary N) is 1. The van der Waals surface area contributed by atoms with Crippen molar-refractivity contribution in [1.29, 1.82) is 0 Å². The molecule has 0 aromatic heterocycles. The molecule has 110 valence electrons. The van der Waals surface area contributed by atoms with Crippen LogP contribution in [0.5, 0.6) is 0 Å². The van der Waals surface area contributed by atoms with Gasteiger partial charge in [0.15, 0.2) is 0 Å². The summed E-state index contributed by atoms with van der Waals surface area (Å²) in [6.45, 7) is 1.64. The molecule has 0 saturated heterocycles. The van der Waals surface area contributed by atoms with Crippen molar-refractivity contribution < 1.29 is 8.78 Å². The van der Waals surface area contributed by atoms with Gasteiger partial charge in [0.1, 0.15) is 11.6 Å². The van der Waals surface area contributed by atoms with Crippen molar-refractivity contribution in [3.8, 4) is 0 Å². The Hall–Kier alpha value is -1.78. The third-order valence-electron chi connectivity index (χ3n) is 4.11. The van der Waals surface area contributed by atoms with E-state index in [0.717, 1.165) is 19.0 Å². The van der Waals surface area contributed by atoms with Crippen LogP contribution in [-0.4, -0.2) is 18.0 Å². The molecule has 2 aromatic carbocycles. The van der Waals surface area contributed by atoms with E-state index in [0.29, 0.717) is 24.2 Å². The molecule has 2 nitrogen and oxygen atoms in total. The predicted molar refractivity (Wildman–Crippen MR) is 78.7 cm³/mol. The van der Waals surface area contributed by atoms with Gasteiger partial charge in [-0.25, -0.2) is 8.78 Å². The average Bonchev–Trinajstić information content (AvgIpc) is 2.84. The summed E-state index contributed by atoms with van der Waals surface area (Å²) in [5.41, 5.74) is 8.33. The van der Waals surface area contributed by atoms with Crippen molar-refractivity contribution in [2.45, 2.75) is 19.0 Å². The fourth-order valence-corrected chi connectivity index (χ4v) is 3.03. The lowest BCUT2D eigenvalue weighted by Gasteiger charge is -2.23. The van der Waals surface area contributed by atoms with Crippen molar-refractivity contribution in [3.63, 3.8) is 0 Å². The Morgan fingerprint density at radius 2 is 1.90 bits per heavy atom. The molecule has 1 aliphatic rings. The first-order chi connectivity index (χ1) is 10.2. The molecular weight excluding hydrogens is 270 g/mol. The fraction of sp³-hybridized carbons (Fsp3) is 0.294. The van der Waals surface area contributed by atoms with Crippen LogP contribution in [0.25, 0.3) is 0 Å². The quantitative estimate of drug-likeness (QED) is 0.937. The maximum absolute atomic E-state index is 13.9. The normalized spacial score (nSPS) is 18.0. The summed E-state index contributed by atoms with van der Waals surface area (Å²) in [5, 5.41) is 0. The van der Waals surface area contributed by atoms with E-state index in [1.54, 1.807) is 0 Å². The van der Waals surface area contributed by atoms with Gasteiger partial charge in [-0.3, -0.25) is 4.90 Å². The maximum atomic E-state index is 13.9. The second kappa shape index (κ2) is 5.92. The number of nitrogens with zero attached hydrogens (tertiary/aromatic N) is 1. The van der Waals surface area contributed by atoms with Crippen LogP contribution in [0, 0.1) is 11.6 Å². The Labute approximate surface area is 123 Å². The maximum Gasteiger partial charge on any atom is 0.130 e. The van der Waals surface area contributed by atoms with Gasteiger partial charge in [0.2, 0.25) is 0 Å². The van der Waals surface area contributed by atoms with Gasteiger partial charge in [0, 0.05) is 37.3 Å². The van der Waals surface area contributed by atoms with Gasteiger partial charge in [-0.2, -0.15) is 0 Å². The second-order valence-electron chi connectivity index (χ2n) is 5.41. The lowest BCUT2D eigenvalue weighted by Crippen LogP contribution is -2.29. The number of halogens is 2. The lowest BCUT2D eigenvalue weighted by molar-refractivity contribution is 0.222. The summed E-state index contributed by atoms with van der Waals surface area (Å²) in [7, 11) is 0. The topological polar surface area (TPSA) is 29.3 Å². The van der Waals surface area contributed by atoms with Crippen LogP contribution in [0.15, 0.2) is 42.5 Å². The first-order valence-electron chi connectivity index (χ1n) is 7.15. The summed E-state index contributed by atoms with van der Waals surface area (Å²) in [4.78, 5) is 2.13. The zero-order chi connectivity index (χ0) is 14.8. The van der Waals surface area contributed by atoms with Gasteiger partial charge >= 0.3 is 0 Å². The van der Waals surface area contributed by atoms with Crippen LogP contribution >= 0.6 is 0 Å². The van der Waals surface area contributed by atoms with E-state index in [2.05, 4.69) is 17.0 Å². The molecule has 1 heterocycles. The minimum atomic E-state index is -0.533. The fourth-order valence-electron chi connectivity index (χ4n) is 3.03. The Balaban J connectivity index is 1.78. The summed E-state index contributed by atoms with van der Waals surface area (Å²) in [6.07, 6.45) is 0.870. The van der Waals surface area contributed by atoms with Crippen molar-refractivity contribution in [1.82, 2.24) is 4.90 Å². The lowest BCUT2D eigenvalue weighted by atomic mass is 10.0. The van der Waals surface area contributed by atoms with Crippen molar-refractivity contribution in [2.75, 3.05) is 13.1 Å². The van der Waals surface area contributed by atoms with Gasteiger partial charge in [0.05, 0.1) is 0 Å². The zero-order valence-corrected chi connectivity index (χ0v) is 11.7. The highest BCUT2D eigenvalue weighted by Gasteiger charge is 2.31. The molecule has 1 aliphatic heterocycles. The highest BCUT2D eigenvalue weighted by atomic mass is 19.1. The monoisotopic (exact) mass is 288 g/mol. The largest absolute Gasteiger partial charge is 0.329 e. The van der Waals surface area contributed by atoms with E-state index in [4.69, 9.17) is 5.73 Å². The van der Waals surface area contributed by atoms with Gasteiger partial charge in [-0.15, -0.1) is 0 Å². The number of benzene rings is 2. The van der Waals surface area contributed by atoms with Crippen LogP contribution in [0.3, 0.4) is 0 Å². The predicted octanol–water partition coefficient (Wildman–Crippen LogP) is 3.02. The number of hydrogen-bond donors (Lipinski definition) is 1. The molecular formula is C17H18F2N2. The molecule has 4 heteroatoms. The summed E-state index contributed by atoms with van der Waals surface area (Å²) < 4.78 is 27.3. The zero-order valence-electron chi connectivity index (χ0n) is 11.7. The van der Waals surface area contributed by atoms with Crippen LogP contribution in [0.1, 0.15) is 22.7 Å². The molecule has 0 amide bonds. The Morgan fingerprint density at radius 1 is 1.14 bits per heavy atom. The van der Waals surface area contributed by atoms with Gasteiger partial charge in [-0.1, -0.05) is 30.3 Å². The molecule has 2 aromatic rings. The third-order valence-corrected chi connectivity index (χ3v) is 4.11. The number of rotatable bonds is 4. The highest BCUT2D eigenvalue weighted by Crippen LogP contribution is 2.35. The SMILES string of the molecule is NCC1c2cc(F)cc(F)c2CN1CCc1ccccc1. The minimum Gasteiger partial charge on any atom is -0.329 e. The minimum absolute atomic E-state index is 0.103. The van der Waals surface area contributed by atoms with E-state index < -0.39 is 11.6 Å². The molecule has 2 N–H and O–H groups in total. The molecule has 0 aliphatic carbocycles. The highest BCUT2D eigenvalue weighted by molar-refractivity contribution is 5.36. The molecule has 0 radical (unpaired) electrons. The molecule has 3 rings (SSSR count). The third kappa shape index (κ3) is 2.82. The van der Waals surface area contributed by atoms with E-state index in [1.165, 1.54) is 11.6 Å². The van der Waals surface area contributed by atoms with E-state index >= 15 is 0 Å². The molecule has 0 bridgehead atoms. The average molecular weight is 288 g/mol. The van der Waals surface area contributed by atoms with Gasteiger partial charge in [-0.05, 0) is 23.6 Å². The van der Waals surface area contributed by atoms with Crippen molar-refractivity contribution in [3.05, 3.63) is 70.8 Å². The molecule has 0 spiro atoms. The second-order valence-corrected chi connectivity index (χ2v) is 5.41. The van der Waals surface area contributed by atoms with Gasteiger partial charge in [0.25, 0.3) is 0 Å². The molecule has 1 unspecified atom stereocenters. The smallest absolute Gasteiger partial charge is 0.130 e. The summed E-state index contributed by atoms with van der Waals surface area (Å²) in [6, 6.07) is 12.4. The van der Waals surface area contributed by atoms with E-state index in [-0.39, 0.29) is 6.04 Å². The van der Waals surface area contributed by atoms with Crippen LogP contribution < -0.4 is 5.73 Å². The van der Waals surface area contributed by atoms with E-state index in [1.807, 2.05) is 18.2 Å². The molecule has 0 fully saturated rings. The summed E-state index contributed by atoms with van der Waals surface area (Å²) >= 11 is 0. The molecule has 21 heavy (non-hydrogen) atoms. The Kier molecular flexibility index (Phi) is 3.99. The van der Waals surface area contributed by atoms with Crippen LogP contribution in [0.4, 0.5) is 8.78 Å². The Bertz CT molecular complexity index is 628.